The Hall–Kier alpha value is -0.280. The van der Waals surface area contributed by atoms with Crippen LogP contribution in [0.4, 0.5) is 0 Å². The first-order chi connectivity index (χ1) is 6.45. The zero-order valence-electron chi connectivity index (χ0n) is 10.0. The van der Waals surface area contributed by atoms with Crippen molar-refractivity contribution in [1.29, 1.82) is 0 Å². The molecule has 0 saturated carbocycles. The molecule has 0 unspecified atom stereocenters. The summed E-state index contributed by atoms with van der Waals surface area (Å²) >= 11 is 0. The van der Waals surface area contributed by atoms with E-state index < -0.39 is 0 Å². The van der Waals surface area contributed by atoms with Crippen LogP contribution in [-0.2, 0) is 9.53 Å². The summed E-state index contributed by atoms with van der Waals surface area (Å²) in [5.41, 5.74) is 5.01. The molecule has 0 aliphatic heterocycles. The molecule has 0 aliphatic carbocycles. The zero-order valence-corrected chi connectivity index (χ0v) is 10.9. The van der Waals surface area contributed by atoms with E-state index in [0.29, 0.717) is 6.42 Å². The number of carbonyl (C=O) groups is 1. The van der Waals surface area contributed by atoms with Crippen LogP contribution < -0.4 is 5.73 Å². The Balaban J connectivity index is 0. The first-order valence-corrected chi connectivity index (χ1v) is 5.37. The summed E-state index contributed by atoms with van der Waals surface area (Å²) in [5, 5.41) is 0. The minimum Gasteiger partial charge on any atom is -0.460 e. The van der Waals surface area contributed by atoms with Crippen LogP contribution in [0.15, 0.2) is 0 Å². The van der Waals surface area contributed by atoms with E-state index in [0.717, 1.165) is 32.2 Å². The molecule has 0 aromatic rings. The number of nitrogens with two attached hydrogens (primary N) is 1. The molecular formula is C11H24ClNO2. The third-order valence-electron chi connectivity index (χ3n) is 1.76. The maximum atomic E-state index is 11.2. The molecule has 0 aromatic heterocycles. The fourth-order valence-corrected chi connectivity index (χ4v) is 1.16. The normalized spacial score (nSPS) is 10.7. The van der Waals surface area contributed by atoms with Gasteiger partial charge in [-0.3, -0.25) is 4.79 Å². The van der Waals surface area contributed by atoms with E-state index >= 15 is 0 Å². The molecule has 0 aromatic carbocycles. The second kappa shape index (κ2) is 8.98. The predicted molar refractivity (Wildman–Crippen MR) is 65.2 cm³/mol. The summed E-state index contributed by atoms with van der Waals surface area (Å²) in [7, 11) is 0. The van der Waals surface area contributed by atoms with Gasteiger partial charge in [0.1, 0.15) is 5.60 Å². The average Bonchev–Trinajstić information content (AvgIpc) is 2.00. The van der Waals surface area contributed by atoms with Gasteiger partial charge in [-0.05, 0) is 40.2 Å². The third-order valence-corrected chi connectivity index (χ3v) is 1.76. The molecule has 0 saturated heterocycles. The van der Waals surface area contributed by atoms with Crippen LogP contribution in [0, 0.1) is 0 Å². The van der Waals surface area contributed by atoms with Crippen molar-refractivity contribution in [3.63, 3.8) is 0 Å². The minimum atomic E-state index is -0.353. The van der Waals surface area contributed by atoms with Gasteiger partial charge in [-0.2, -0.15) is 0 Å². The Labute approximate surface area is 99.2 Å². The van der Waals surface area contributed by atoms with E-state index in [1.165, 1.54) is 0 Å². The van der Waals surface area contributed by atoms with Gasteiger partial charge < -0.3 is 10.5 Å². The molecule has 4 heteroatoms. The van der Waals surface area contributed by atoms with Gasteiger partial charge in [-0.25, -0.2) is 0 Å². The number of carbonyl (C=O) groups excluding carboxylic acids is 1. The minimum absolute atomic E-state index is 0. The fraction of sp³-hybridized carbons (Fsp3) is 0.909. The van der Waals surface area contributed by atoms with Gasteiger partial charge in [0.2, 0.25) is 0 Å². The van der Waals surface area contributed by atoms with Crippen molar-refractivity contribution in [3.05, 3.63) is 0 Å². The molecule has 92 valence electrons. The summed E-state index contributed by atoms with van der Waals surface area (Å²) in [6.45, 7) is 6.41. The number of unbranched alkanes of at least 4 members (excludes halogenated alkanes) is 3. The van der Waals surface area contributed by atoms with Crippen molar-refractivity contribution >= 4 is 18.4 Å². The topological polar surface area (TPSA) is 52.3 Å². The van der Waals surface area contributed by atoms with Gasteiger partial charge in [0, 0.05) is 6.42 Å². The molecule has 0 aliphatic rings. The standard InChI is InChI=1S/C11H23NO2.ClH/c1-11(2,3)14-10(13)8-6-4-5-7-9-12;/h4-9,12H2,1-3H3;1H. The van der Waals surface area contributed by atoms with E-state index in [1.54, 1.807) is 0 Å². The lowest BCUT2D eigenvalue weighted by atomic mass is 10.1. The summed E-state index contributed by atoms with van der Waals surface area (Å²) in [6, 6.07) is 0. The molecule has 0 rings (SSSR count). The molecule has 0 atom stereocenters. The average molecular weight is 238 g/mol. The Morgan fingerprint density at radius 1 is 1.13 bits per heavy atom. The van der Waals surface area contributed by atoms with E-state index in [-0.39, 0.29) is 24.0 Å². The smallest absolute Gasteiger partial charge is 0.306 e. The van der Waals surface area contributed by atoms with Gasteiger partial charge in [-0.15, -0.1) is 12.4 Å². The molecule has 0 heterocycles. The Morgan fingerprint density at radius 2 is 1.67 bits per heavy atom. The summed E-state index contributed by atoms with van der Waals surface area (Å²) in [4.78, 5) is 11.2. The molecule has 0 radical (unpaired) electrons. The first-order valence-electron chi connectivity index (χ1n) is 5.37. The number of esters is 1. The van der Waals surface area contributed by atoms with Gasteiger partial charge in [0.05, 0.1) is 0 Å². The molecule has 15 heavy (non-hydrogen) atoms. The van der Waals surface area contributed by atoms with Crippen LogP contribution >= 0.6 is 12.4 Å². The van der Waals surface area contributed by atoms with Gasteiger partial charge in [-0.1, -0.05) is 12.8 Å². The maximum absolute atomic E-state index is 11.2. The van der Waals surface area contributed by atoms with Crippen molar-refractivity contribution in [2.45, 2.75) is 58.5 Å². The number of halogens is 1. The number of rotatable bonds is 6. The molecular weight excluding hydrogens is 214 g/mol. The molecule has 0 spiro atoms. The second-order valence-corrected chi connectivity index (χ2v) is 4.54. The SMILES string of the molecule is CC(C)(C)OC(=O)CCCCCCN.Cl. The van der Waals surface area contributed by atoms with Crippen LogP contribution in [0.2, 0.25) is 0 Å². The molecule has 0 fully saturated rings. The van der Waals surface area contributed by atoms with E-state index in [2.05, 4.69) is 0 Å². The lowest BCUT2D eigenvalue weighted by molar-refractivity contribution is -0.154. The number of ether oxygens (including phenoxy) is 1. The first kappa shape index (κ1) is 17.1. The highest BCUT2D eigenvalue weighted by Crippen LogP contribution is 2.10. The summed E-state index contributed by atoms with van der Waals surface area (Å²) in [6.07, 6.45) is 4.67. The van der Waals surface area contributed by atoms with Crippen molar-refractivity contribution < 1.29 is 9.53 Å². The quantitative estimate of drug-likeness (QED) is 0.571. The number of hydrogen-bond acceptors (Lipinski definition) is 3. The highest BCUT2D eigenvalue weighted by Gasteiger charge is 2.15. The van der Waals surface area contributed by atoms with Crippen LogP contribution in [0.5, 0.6) is 0 Å². The van der Waals surface area contributed by atoms with Crippen LogP contribution in [0.3, 0.4) is 0 Å². The monoisotopic (exact) mass is 237 g/mol. The zero-order chi connectivity index (χ0) is 11.0. The summed E-state index contributed by atoms with van der Waals surface area (Å²) in [5.74, 6) is -0.0924. The number of hydrogen-bond donors (Lipinski definition) is 1. The fourth-order valence-electron chi connectivity index (χ4n) is 1.16. The van der Waals surface area contributed by atoms with Crippen LogP contribution in [0.1, 0.15) is 52.9 Å². The third kappa shape index (κ3) is 13.7. The van der Waals surface area contributed by atoms with Crippen LogP contribution in [-0.4, -0.2) is 18.1 Å². The lowest BCUT2D eigenvalue weighted by Crippen LogP contribution is -2.23. The molecule has 0 bridgehead atoms. The lowest BCUT2D eigenvalue weighted by Gasteiger charge is -2.19. The molecule has 0 amide bonds. The molecule has 3 nitrogen and oxygen atoms in total. The van der Waals surface area contributed by atoms with E-state index in [4.69, 9.17) is 10.5 Å². The Bertz CT molecular complexity index is 166. The van der Waals surface area contributed by atoms with Crippen molar-refractivity contribution in [2.75, 3.05) is 6.54 Å². The van der Waals surface area contributed by atoms with Gasteiger partial charge in [0.25, 0.3) is 0 Å². The van der Waals surface area contributed by atoms with Gasteiger partial charge >= 0.3 is 5.97 Å². The largest absolute Gasteiger partial charge is 0.460 e. The Morgan fingerprint density at radius 3 is 2.13 bits per heavy atom. The highest BCUT2D eigenvalue weighted by atomic mass is 35.5. The molecule has 2 N–H and O–H groups in total. The predicted octanol–water partition coefficient (Wildman–Crippen LogP) is 2.66. The van der Waals surface area contributed by atoms with Crippen molar-refractivity contribution in [3.8, 4) is 0 Å². The Kier molecular flexibility index (Phi) is 10.3. The highest BCUT2D eigenvalue weighted by molar-refractivity contribution is 5.85. The van der Waals surface area contributed by atoms with Crippen LogP contribution in [0.25, 0.3) is 0 Å². The van der Waals surface area contributed by atoms with Crippen molar-refractivity contribution in [1.82, 2.24) is 0 Å². The van der Waals surface area contributed by atoms with E-state index in [1.807, 2.05) is 20.8 Å². The second-order valence-electron chi connectivity index (χ2n) is 4.54. The van der Waals surface area contributed by atoms with Gasteiger partial charge in [0.15, 0.2) is 0 Å². The van der Waals surface area contributed by atoms with E-state index in [9.17, 15) is 4.79 Å². The maximum Gasteiger partial charge on any atom is 0.306 e. The van der Waals surface area contributed by atoms with Crippen molar-refractivity contribution in [2.24, 2.45) is 5.73 Å². The summed E-state index contributed by atoms with van der Waals surface area (Å²) < 4.78 is 5.18.